The van der Waals surface area contributed by atoms with Crippen LogP contribution in [0, 0.1) is 5.41 Å². The molecule has 0 spiro atoms. The fourth-order valence-electron chi connectivity index (χ4n) is 2.91. The van der Waals surface area contributed by atoms with Crippen molar-refractivity contribution in [3.05, 3.63) is 34.9 Å². The smallest absolute Gasteiger partial charge is 0.00772 e. The molecule has 0 bridgehead atoms. The van der Waals surface area contributed by atoms with Crippen molar-refractivity contribution in [1.82, 2.24) is 0 Å². The minimum atomic E-state index is 0.346. The van der Waals surface area contributed by atoms with Gasteiger partial charge in [-0.3, -0.25) is 0 Å². The third kappa shape index (κ3) is 5.36. The lowest BCUT2D eigenvalue weighted by Crippen LogP contribution is -2.19. The van der Waals surface area contributed by atoms with Crippen LogP contribution >= 0.6 is 0 Å². The highest BCUT2D eigenvalue weighted by atomic mass is 14.5. The van der Waals surface area contributed by atoms with E-state index in [2.05, 4.69) is 45.9 Å². The minimum Gasteiger partial charge on any atom is -0.330 e. The Hall–Kier alpha value is -0.820. The van der Waals surface area contributed by atoms with E-state index in [0.717, 1.165) is 19.4 Å². The van der Waals surface area contributed by atoms with Crippen molar-refractivity contribution in [2.45, 2.75) is 66.2 Å². The van der Waals surface area contributed by atoms with Gasteiger partial charge in [0.2, 0.25) is 0 Å². The molecule has 0 aliphatic heterocycles. The van der Waals surface area contributed by atoms with Gasteiger partial charge in [-0.2, -0.15) is 0 Å². The van der Waals surface area contributed by atoms with Crippen LogP contribution in [0.15, 0.2) is 34.9 Å². The number of nitrogens with two attached hydrogens (primary N) is 1. The van der Waals surface area contributed by atoms with Gasteiger partial charge in [0.1, 0.15) is 0 Å². The van der Waals surface area contributed by atoms with E-state index >= 15 is 0 Å². The summed E-state index contributed by atoms with van der Waals surface area (Å²) in [6.07, 6.45) is 14.4. The van der Waals surface area contributed by atoms with Gasteiger partial charge in [-0.1, -0.05) is 43.2 Å². The van der Waals surface area contributed by atoms with Gasteiger partial charge in [-0.15, -0.1) is 0 Å². The van der Waals surface area contributed by atoms with Crippen LogP contribution in [0.25, 0.3) is 0 Å². The quantitative estimate of drug-likeness (QED) is 0.519. The monoisotopic (exact) mass is 261 g/mol. The zero-order valence-corrected chi connectivity index (χ0v) is 13.3. The standard InChI is InChI=1S/C18H31N/c1-15(9-6-5-7-14-19)11-12-17-16(2)10-8-13-18(17,3)4/h9,11-12H,5-8,10,13-14,19H2,1-4H3/b12-11+,15-9+. The molecule has 0 unspecified atom stereocenters. The highest BCUT2D eigenvalue weighted by molar-refractivity contribution is 5.35. The molecular formula is C18H31N. The highest BCUT2D eigenvalue weighted by Gasteiger charge is 2.26. The molecule has 0 atom stereocenters. The molecule has 0 saturated heterocycles. The lowest BCUT2D eigenvalue weighted by Gasteiger charge is -2.32. The van der Waals surface area contributed by atoms with Gasteiger partial charge in [-0.25, -0.2) is 0 Å². The molecule has 0 aromatic rings. The Morgan fingerprint density at radius 3 is 2.68 bits per heavy atom. The van der Waals surface area contributed by atoms with Gasteiger partial charge < -0.3 is 5.73 Å². The molecule has 1 aliphatic rings. The second kappa shape index (κ2) is 7.69. The first-order valence-electron chi connectivity index (χ1n) is 7.72. The van der Waals surface area contributed by atoms with Crippen LogP contribution in [0.2, 0.25) is 0 Å². The van der Waals surface area contributed by atoms with E-state index in [1.54, 1.807) is 11.1 Å². The third-order valence-corrected chi connectivity index (χ3v) is 4.18. The summed E-state index contributed by atoms with van der Waals surface area (Å²) < 4.78 is 0. The minimum absolute atomic E-state index is 0.346. The summed E-state index contributed by atoms with van der Waals surface area (Å²) in [5, 5.41) is 0. The van der Waals surface area contributed by atoms with Gasteiger partial charge in [0.05, 0.1) is 0 Å². The van der Waals surface area contributed by atoms with E-state index in [-0.39, 0.29) is 0 Å². The lowest BCUT2D eigenvalue weighted by atomic mass is 9.72. The van der Waals surface area contributed by atoms with Crippen LogP contribution in [-0.4, -0.2) is 6.54 Å². The molecule has 0 heterocycles. The summed E-state index contributed by atoms with van der Waals surface area (Å²) in [7, 11) is 0. The van der Waals surface area contributed by atoms with Crippen LogP contribution in [0.4, 0.5) is 0 Å². The molecule has 0 fully saturated rings. The number of unbranched alkanes of at least 4 members (excludes halogenated alkanes) is 2. The van der Waals surface area contributed by atoms with Gasteiger partial charge >= 0.3 is 0 Å². The van der Waals surface area contributed by atoms with Gasteiger partial charge in [0.15, 0.2) is 0 Å². The molecule has 0 aromatic heterocycles. The second-order valence-electron chi connectivity index (χ2n) is 6.50. The van der Waals surface area contributed by atoms with E-state index in [1.165, 1.54) is 31.3 Å². The fourth-order valence-corrected chi connectivity index (χ4v) is 2.91. The summed E-state index contributed by atoms with van der Waals surface area (Å²) in [5.74, 6) is 0. The van der Waals surface area contributed by atoms with E-state index in [0.29, 0.717) is 5.41 Å². The zero-order chi connectivity index (χ0) is 14.3. The molecule has 108 valence electrons. The summed E-state index contributed by atoms with van der Waals surface area (Å²) in [4.78, 5) is 0. The van der Waals surface area contributed by atoms with E-state index in [9.17, 15) is 0 Å². The van der Waals surface area contributed by atoms with E-state index in [4.69, 9.17) is 5.73 Å². The maximum atomic E-state index is 5.51. The predicted octanol–water partition coefficient (Wildman–Crippen LogP) is 5.14. The molecular weight excluding hydrogens is 230 g/mol. The van der Waals surface area contributed by atoms with Crippen molar-refractivity contribution in [2.75, 3.05) is 6.54 Å². The SMILES string of the molecule is CC1=C(/C=C/C(C)=C/CCCCN)C(C)(C)CCC1. The van der Waals surface area contributed by atoms with Crippen LogP contribution < -0.4 is 5.73 Å². The Labute approximate surface area is 119 Å². The van der Waals surface area contributed by atoms with Crippen molar-refractivity contribution in [2.24, 2.45) is 11.1 Å². The summed E-state index contributed by atoms with van der Waals surface area (Å²) in [6.45, 7) is 10.0. The van der Waals surface area contributed by atoms with Gasteiger partial charge in [0, 0.05) is 0 Å². The van der Waals surface area contributed by atoms with Crippen LogP contribution in [0.5, 0.6) is 0 Å². The van der Waals surface area contributed by atoms with Crippen LogP contribution in [0.3, 0.4) is 0 Å². The highest BCUT2D eigenvalue weighted by Crippen LogP contribution is 2.40. The van der Waals surface area contributed by atoms with Crippen molar-refractivity contribution in [1.29, 1.82) is 0 Å². The number of hydrogen-bond donors (Lipinski definition) is 1. The molecule has 1 rings (SSSR count). The average molecular weight is 261 g/mol. The number of rotatable bonds is 6. The van der Waals surface area contributed by atoms with Crippen molar-refractivity contribution >= 4 is 0 Å². The third-order valence-electron chi connectivity index (χ3n) is 4.18. The normalized spacial score (nSPS) is 20.4. The Morgan fingerprint density at radius 1 is 1.32 bits per heavy atom. The van der Waals surface area contributed by atoms with Crippen molar-refractivity contribution < 1.29 is 0 Å². The Bertz CT molecular complexity index is 369. The maximum Gasteiger partial charge on any atom is -0.00772 e. The Morgan fingerprint density at radius 2 is 2.05 bits per heavy atom. The van der Waals surface area contributed by atoms with Crippen LogP contribution in [-0.2, 0) is 0 Å². The topological polar surface area (TPSA) is 26.0 Å². The van der Waals surface area contributed by atoms with Crippen LogP contribution in [0.1, 0.15) is 66.2 Å². The maximum absolute atomic E-state index is 5.51. The number of allylic oxidation sites excluding steroid dienone is 6. The molecule has 1 heteroatoms. The molecule has 1 aliphatic carbocycles. The summed E-state index contributed by atoms with van der Waals surface area (Å²) in [5.41, 5.74) is 10.3. The second-order valence-corrected chi connectivity index (χ2v) is 6.50. The molecule has 0 radical (unpaired) electrons. The summed E-state index contributed by atoms with van der Waals surface area (Å²) >= 11 is 0. The molecule has 0 saturated carbocycles. The molecule has 19 heavy (non-hydrogen) atoms. The molecule has 1 nitrogen and oxygen atoms in total. The lowest BCUT2D eigenvalue weighted by molar-refractivity contribution is 0.377. The van der Waals surface area contributed by atoms with Gasteiger partial charge in [-0.05, 0) is 69.9 Å². The first kappa shape index (κ1) is 16.2. The molecule has 2 N–H and O–H groups in total. The number of hydrogen-bond acceptors (Lipinski definition) is 1. The van der Waals surface area contributed by atoms with Crippen molar-refractivity contribution in [3.8, 4) is 0 Å². The first-order chi connectivity index (χ1) is 8.97. The largest absolute Gasteiger partial charge is 0.330 e. The Balaban J connectivity index is 2.64. The van der Waals surface area contributed by atoms with E-state index in [1.807, 2.05) is 0 Å². The predicted molar refractivity (Wildman–Crippen MR) is 86.1 cm³/mol. The van der Waals surface area contributed by atoms with Crippen molar-refractivity contribution in [3.63, 3.8) is 0 Å². The van der Waals surface area contributed by atoms with E-state index < -0.39 is 0 Å². The fraction of sp³-hybridized carbons (Fsp3) is 0.667. The first-order valence-corrected chi connectivity index (χ1v) is 7.72. The molecule has 0 aromatic carbocycles. The molecule has 0 amide bonds. The summed E-state index contributed by atoms with van der Waals surface area (Å²) in [6, 6.07) is 0. The Kier molecular flexibility index (Phi) is 6.57. The zero-order valence-electron chi connectivity index (χ0n) is 13.3. The van der Waals surface area contributed by atoms with Gasteiger partial charge in [0.25, 0.3) is 0 Å². The average Bonchev–Trinajstić information content (AvgIpc) is 2.33.